The number of hydrogen-bond donors (Lipinski definition) is 2. The molecule has 1 aromatic carbocycles. The van der Waals surface area contributed by atoms with E-state index in [4.69, 9.17) is 0 Å². The van der Waals surface area contributed by atoms with E-state index in [0.717, 1.165) is 55.5 Å². The van der Waals surface area contributed by atoms with Crippen LogP contribution >= 0.6 is 0 Å². The molecular weight excluding hydrogens is 293 g/mol. The van der Waals surface area contributed by atoms with Crippen molar-refractivity contribution in [3.63, 3.8) is 0 Å². The summed E-state index contributed by atoms with van der Waals surface area (Å²) in [6.45, 7) is 2.08. The highest BCUT2D eigenvalue weighted by molar-refractivity contribution is 5.97. The van der Waals surface area contributed by atoms with Crippen molar-refractivity contribution in [1.82, 2.24) is 10.2 Å². The Morgan fingerprint density at radius 3 is 2.65 bits per heavy atom. The first-order chi connectivity index (χ1) is 11.2. The number of carbonyl (C=O) groups excluding carboxylic acids is 1. The normalized spacial score (nSPS) is 15.0. The largest absolute Gasteiger partial charge is 0.322 e. The number of H-pyrrole nitrogens is 1. The number of hydrogen-bond acceptors (Lipinski definition) is 2. The predicted molar refractivity (Wildman–Crippen MR) is 88.6 cm³/mol. The van der Waals surface area contributed by atoms with Gasteiger partial charge in [0.15, 0.2) is 0 Å². The lowest BCUT2D eigenvalue weighted by Crippen LogP contribution is -2.21. The summed E-state index contributed by atoms with van der Waals surface area (Å²) in [5.74, 6) is -0.111. The van der Waals surface area contributed by atoms with Gasteiger partial charge in [0, 0.05) is 11.5 Å². The fraction of sp³-hybridized carbons (Fsp3) is 0.444. The number of anilines is 1. The number of nitrogens with zero attached hydrogens (tertiary/aromatic N) is 1. The zero-order valence-electron chi connectivity index (χ0n) is 13.4. The maximum atomic E-state index is 13.1. The summed E-state index contributed by atoms with van der Waals surface area (Å²) in [5, 5.41) is 10.5. The third-order valence-electron chi connectivity index (χ3n) is 4.43. The molecule has 122 valence electrons. The summed E-state index contributed by atoms with van der Waals surface area (Å²) in [4.78, 5) is 12.5. The molecule has 1 aromatic heterocycles. The monoisotopic (exact) mass is 315 g/mol. The van der Waals surface area contributed by atoms with Crippen molar-refractivity contribution < 1.29 is 9.18 Å². The van der Waals surface area contributed by atoms with Crippen LogP contribution in [-0.2, 0) is 11.2 Å². The van der Waals surface area contributed by atoms with Gasteiger partial charge in [-0.15, -0.1) is 0 Å². The molecule has 1 fully saturated rings. The summed E-state index contributed by atoms with van der Waals surface area (Å²) in [5.41, 5.74) is 3.15. The minimum Gasteiger partial charge on any atom is -0.322 e. The molecule has 0 aliphatic heterocycles. The van der Waals surface area contributed by atoms with Crippen molar-refractivity contribution >= 4 is 11.6 Å². The quantitative estimate of drug-likeness (QED) is 0.864. The lowest BCUT2D eigenvalue weighted by Gasteiger charge is -2.12. The fourth-order valence-corrected chi connectivity index (χ4v) is 3.17. The van der Waals surface area contributed by atoms with Gasteiger partial charge in [-0.2, -0.15) is 5.10 Å². The Labute approximate surface area is 135 Å². The van der Waals surface area contributed by atoms with Crippen LogP contribution in [0.25, 0.3) is 11.3 Å². The maximum absolute atomic E-state index is 13.1. The maximum Gasteiger partial charge on any atom is 0.227 e. The van der Waals surface area contributed by atoms with Crippen molar-refractivity contribution in [1.29, 1.82) is 0 Å². The highest BCUT2D eigenvalue weighted by Crippen LogP contribution is 2.32. The molecule has 0 unspecified atom stereocenters. The van der Waals surface area contributed by atoms with Gasteiger partial charge in [-0.1, -0.05) is 26.2 Å². The first kappa shape index (κ1) is 15.7. The van der Waals surface area contributed by atoms with E-state index in [0.29, 0.717) is 5.69 Å². The van der Waals surface area contributed by atoms with Crippen LogP contribution in [0.5, 0.6) is 0 Å². The number of aryl methyl sites for hydroxylation is 1. The molecule has 23 heavy (non-hydrogen) atoms. The van der Waals surface area contributed by atoms with Crippen LogP contribution in [0.4, 0.5) is 10.1 Å². The Balaban J connectivity index is 1.90. The molecule has 0 radical (unpaired) electrons. The van der Waals surface area contributed by atoms with Crippen molar-refractivity contribution in [3.05, 3.63) is 35.8 Å². The number of benzene rings is 1. The summed E-state index contributed by atoms with van der Waals surface area (Å²) in [6, 6.07) is 6.19. The first-order valence-electron chi connectivity index (χ1n) is 8.33. The van der Waals surface area contributed by atoms with Gasteiger partial charge in [-0.05, 0) is 43.5 Å². The van der Waals surface area contributed by atoms with E-state index < -0.39 is 0 Å². The summed E-state index contributed by atoms with van der Waals surface area (Å²) in [7, 11) is 0. The van der Waals surface area contributed by atoms with E-state index in [1.165, 1.54) is 12.1 Å². The molecule has 2 N–H and O–H groups in total. The number of rotatable bonds is 5. The van der Waals surface area contributed by atoms with E-state index >= 15 is 0 Å². The molecule has 0 saturated heterocycles. The second kappa shape index (κ2) is 6.94. The van der Waals surface area contributed by atoms with Crippen LogP contribution in [0.1, 0.15) is 44.7 Å². The Bertz CT molecular complexity index is 672. The van der Waals surface area contributed by atoms with Crippen molar-refractivity contribution in [2.45, 2.75) is 45.4 Å². The van der Waals surface area contributed by atoms with E-state index in [9.17, 15) is 9.18 Å². The van der Waals surface area contributed by atoms with Gasteiger partial charge in [0.1, 0.15) is 11.5 Å². The molecule has 0 bridgehead atoms. The number of halogens is 1. The standard InChI is InChI=1S/C18H22FN3O/c1-2-5-15-17(20-18(23)13-6-3-4-7-13)16(22-21-15)12-8-10-14(19)11-9-12/h8-11,13H,2-7H2,1H3,(H,20,23)(H,21,22). The highest BCUT2D eigenvalue weighted by atomic mass is 19.1. The molecule has 1 saturated carbocycles. The van der Waals surface area contributed by atoms with Crippen LogP contribution < -0.4 is 5.32 Å². The van der Waals surface area contributed by atoms with Gasteiger partial charge in [-0.3, -0.25) is 9.89 Å². The van der Waals surface area contributed by atoms with Crippen LogP contribution in [0, 0.1) is 11.7 Å². The number of aromatic amines is 1. The van der Waals surface area contributed by atoms with Gasteiger partial charge >= 0.3 is 0 Å². The minimum atomic E-state index is -0.283. The van der Waals surface area contributed by atoms with Gasteiger partial charge < -0.3 is 5.32 Å². The van der Waals surface area contributed by atoms with Crippen molar-refractivity contribution in [2.75, 3.05) is 5.32 Å². The van der Waals surface area contributed by atoms with E-state index in [1.54, 1.807) is 12.1 Å². The van der Waals surface area contributed by atoms with Crippen LogP contribution in [0.3, 0.4) is 0 Å². The summed E-state index contributed by atoms with van der Waals surface area (Å²) < 4.78 is 13.1. The second-order valence-corrected chi connectivity index (χ2v) is 6.15. The van der Waals surface area contributed by atoms with Gasteiger partial charge in [0.05, 0.1) is 11.4 Å². The average molecular weight is 315 g/mol. The van der Waals surface area contributed by atoms with Crippen molar-refractivity contribution in [3.8, 4) is 11.3 Å². The summed E-state index contributed by atoms with van der Waals surface area (Å²) in [6.07, 6.45) is 5.93. The number of amides is 1. The van der Waals surface area contributed by atoms with Crippen LogP contribution in [0.15, 0.2) is 24.3 Å². The highest BCUT2D eigenvalue weighted by Gasteiger charge is 2.25. The molecular formula is C18H22FN3O. The van der Waals surface area contributed by atoms with E-state index in [-0.39, 0.29) is 17.6 Å². The Morgan fingerprint density at radius 1 is 1.30 bits per heavy atom. The molecule has 0 atom stereocenters. The zero-order valence-corrected chi connectivity index (χ0v) is 13.4. The molecule has 1 heterocycles. The Kier molecular flexibility index (Phi) is 4.74. The first-order valence-corrected chi connectivity index (χ1v) is 8.33. The van der Waals surface area contributed by atoms with Crippen molar-refractivity contribution in [2.24, 2.45) is 5.92 Å². The smallest absolute Gasteiger partial charge is 0.227 e. The Hall–Kier alpha value is -2.17. The number of aromatic nitrogens is 2. The molecule has 4 nitrogen and oxygen atoms in total. The van der Waals surface area contributed by atoms with Gasteiger partial charge in [-0.25, -0.2) is 4.39 Å². The third kappa shape index (κ3) is 3.44. The average Bonchev–Trinajstić information content (AvgIpc) is 3.20. The lowest BCUT2D eigenvalue weighted by molar-refractivity contribution is -0.119. The second-order valence-electron chi connectivity index (χ2n) is 6.15. The van der Waals surface area contributed by atoms with Crippen LogP contribution in [0.2, 0.25) is 0 Å². The summed E-state index contributed by atoms with van der Waals surface area (Å²) >= 11 is 0. The number of nitrogens with one attached hydrogen (secondary N) is 2. The van der Waals surface area contributed by atoms with E-state index in [2.05, 4.69) is 22.4 Å². The lowest BCUT2D eigenvalue weighted by atomic mass is 10.1. The predicted octanol–water partition coefficient (Wildman–Crippen LogP) is 4.30. The minimum absolute atomic E-state index is 0.0737. The molecule has 5 heteroatoms. The fourth-order valence-electron chi connectivity index (χ4n) is 3.17. The molecule has 1 amide bonds. The zero-order chi connectivity index (χ0) is 16.2. The molecule has 0 spiro atoms. The molecule has 1 aliphatic rings. The van der Waals surface area contributed by atoms with Gasteiger partial charge in [0.25, 0.3) is 0 Å². The SMILES string of the molecule is CCCc1[nH]nc(-c2ccc(F)cc2)c1NC(=O)C1CCCC1. The van der Waals surface area contributed by atoms with Crippen LogP contribution in [-0.4, -0.2) is 16.1 Å². The van der Waals surface area contributed by atoms with Gasteiger partial charge in [0.2, 0.25) is 5.91 Å². The Morgan fingerprint density at radius 2 is 2.00 bits per heavy atom. The molecule has 1 aliphatic carbocycles. The number of carbonyl (C=O) groups is 1. The molecule has 3 rings (SSSR count). The topological polar surface area (TPSA) is 57.8 Å². The molecule has 2 aromatic rings. The third-order valence-corrected chi connectivity index (χ3v) is 4.43. The van der Waals surface area contributed by atoms with E-state index in [1.807, 2.05) is 0 Å².